The molecule has 0 aromatic heterocycles. The van der Waals surface area contributed by atoms with Crippen LogP contribution in [0.5, 0.6) is 5.75 Å². The number of para-hydroxylation sites is 1. The number of nitrogens with one attached hydrogen (secondary N) is 2. The minimum absolute atomic E-state index is 0.195. The maximum Gasteiger partial charge on any atom is 0.209 e. The maximum atomic E-state index is 11.3. The Morgan fingerprint density at radius 2 is 2.05 bits per heavy atom. The Kier molecular flexibility index (Phi) is 4.36. The topological polar surface area (TPSA) is 67.4 Å². The third kappa shape index (κ3) is 4.19. The van der Waals surface area contributed by atoms with E-state index in [4.69, 9.17) is 4.74 Å². The fourth-order valence-corrected chi connectivity index (χ4v) is 3.55. The van der Waals surface area contributed by atoms with Gasteiger partial charge in [0.25, 0.3) is 0 Å². The molecule has 0 saturated carbocycles. The van der Waals surface area contributed by atoms with Crippen LogP contribution < -0.4 is 14.8 Å². The van der Waals surface area contributed by atoms with Gasteiger partial charge in [-0.1, -0.05) is 18.2 Å². The summed E-state index contributed by atoms with van der Waals surface area (Å²) < 4.78 is 30.9. The number of benzene rings is 1. The first-order chi connectivity index (χ1) is 9.27. The van der Waals surface area contributed by atoms with Gasteiger partial charge in [-0.25, -0.2) is 13.1 Å². The van der Waals surface area contributed by atoms with E-state index in [2.05, 4.69) is 10.0 Å². The summed E-state index contributed by atoms with van der Waals surface area (Å²) in [5.41, 5.74) is 0.606. The third-order valence-corrected chi connectivity index (χ3v) is 4.13. The number of fused-ring (bicyclic) bond motifs is 1. The molecule has 6 heteroatoms. The standard InChI is InChI=1S/C14H22N2O3S/c1-14(2,16-20(3,17)18)10-15-12-8-9-19-13-7-5-4-6-11(12)13/h4-7,12,15-16H,8-10H2,1-3H3. The lowest BCUT2D eigenvalue weighted by molar-refractivity contribution is 0.245. The monoisotopic (exact) mass is 298 g/mol. The second kappa shape index (κ2) is 5.71. The minimum atomic E-state index is -3.21. The summed E-state index contributed by atoms with van der Waals surface area (Å²) in [4.78, 5) is 0. The van der Waals surface area contributed by atoms with Gasteiger partial charge < -0.3 is 10.1 Å². The van der Waals surface area contributed by atoms with Gasteiger partial charge in [0, 0.05) is 30.1 Å². The molecule has 5 nitrogen and oxygen atoms in total. The van der Waals surface area contributed by atoms with E-state index in [1.165, 1.54) is 6.26 Å². The first kappa shape index (κ1) is 15.3. The fourth-order valence-electron chi connectivity index (χ4n) is 2.47. The molecule has 0 radical (unpaired) electrons. The second-order valence-electron chi connectivity index (χ2n) is 5.87. The Bertz CT molecular complexity index is 570. The van der Waals surface area contributed by atoms with Gasteiger partial charge in [0.15, 0.2) is 0 Å². The second-order valence-corrected chi connectivity index (χ2v) is 7.62. The average molecular weight is 298 g/mol. The molecular formula is C14H22N2O3S. The first-order valence-corrected chi connectivity index (χ1v) is 8.60. The molecule has 0 aliphatic carbocycles. The van der Waals surface area contributed by atoms with Crippen molar-refractivity contribution >= 4 is 10.0 Å². The molecule has 0 bridgehead atoms. The molecule has 1 aliphatic rings. The van der Waals surface area contributed by atoms with Gasteiger partial charge in [-0.05, 0) is 19.9 Å². The van der Waals surface area contributed by atoms with Crippen molar-refractivity contribution in [2.24, 2.45) is 0 Å². The van der Waals surface area contributed by atoms with Gasteiger partial charge in [-0.2, -0.15) is 0 Å². The zero-order valence-electron chi connectivity index (χ0n) is 12.1. The van der Waals surface area contributed by atoms with Crippen LogP contribution in [0, 0.1) is 0 Å². The summed E-state index contributed by atoms with van der Waals surface area (Å²) in [7, 11) is -3.21. The van der Waals surface area contributed by atoms with Gasteiger partial charge in [0.2, 0.25) is 10.0 Å². The van der Waals surface area contributed by atoms with E-state index in [-0.39, 0.29) is 6.04 Å². The summed E-state index contributed by atoms with van der Waals surface area (Å²) in [6.07, 6.45) is 2.06. The highest BCUT2D eigenvalue weighted by Gasteiger charge is 2.26. The highest BCUT2D eigenvalue weighted by molar-refractivity contribution is 7.88. The van der Waals surface area contributed by atoms with Crippen LogP contribution in [-0.4, -0.2) is 33.4 Å². The van der Waals surface area contributed by atoms with Crippen LogP contribution in [0.3, 0.4) is 0 Å². The summed E-state index contributed by atoms with van der Waals surface area (Å²) in [6, 6.07) is 8.14. The molecule has 0 fully saturated rings. The molecule has 1 atom stereocenters. The van der Waals surface area contributed by atoms with E-state index in [9.17, 15) is 8.42 Å². The zero-order valence-corrected chi connectivity index (χ0v) is 13.0. The minimum Gasteiger partial charge on any atom is -0.493 e. The van der Waals surface area contributed by atoms with Crippen molar-refractivity contribution in [3.8, 4) is 5.75 Å². The third-order valence-electron chi connectivity index (χ3n) is 3.21. The van der Waals surface area contributed by atoms with Crippen molar-refractivity contribution in [2.45, 2.75) is 31.8 Å². The lowest BCUT2D eigenvalue weighted by Crippen LogP contribution is -2.50. The fraction of sp³-hybridized carbons (Fsp3) is 0.571. The highest BCUT2D eigenvalue weighted by Crippen LogP contribution is 2.31. The molecule has 1 unspecified atom stereocenters. The Morgan fingerprint density at radius 1 is 1.35 bits per heavy atom. The van der Waals surface area contributed by atoms with Gasteiger partial charge in [-0.3, -0.25) is 0 Å². The maximum absolute atomic E-state index is 11.3. The smallest absolute Gasteiger partial charge is 0.209 e. The predicted molar refractivity (Wildman–Crippen MR) is 79.4 cm³/mol. The van der Waals surface area contributed by atoms with Crippen LogP contribution in [0.4, 0.5) is 0 Å². The Balaban J connectivity index is 2.02. The van der Waals surface area contributed by atoms with E-state index in [1.54, 1.807) is 0 Å². The van der Waals surface area contributed by atoms with Crippen LogP contribution in [0.2, 0.25) is 0 Å². The molecule has 0 spiro atoms. The number of ether oxygens (including phenoxy) is 1. The molecule has 1 heterocycles. The van der Waals surface area contributed by atoms with Crippen LogP contribution in [0.15, 0.2) is 24.3 Å². The highest BCUT2D eigenvalue weighted by atomic mass is 32.2. The van der Waals surface area contributed by atoms with Crippen molar-refractivity contribution in [1.29, 1.82) is 0 Å². The number of sulfonamides is 1. The van der Waals surface area contributed by atoms with Gasteiger partial charge in [-0.15, -0.1) is 0 Å². The molecule has 2 N–H and O–H groups in total. The SMILES string of the molecule is CC(C)(CNC1CCOc2ccccc21)NS(C)(=O)=O. The van der Waals surface area contributed by atoms with Crippen molar-refractivity contribution in [3.63, 3.8) is 0 Å². The lowest BCUT2D eigenvalue weighted by atomic mass is 9.99. The number of hydrogen-bond acceptors (Lipinski definition) is 4. The van der Waals surface area contributed by atoms with E-state index in [0.717, 1.165) is 17.7 Å². The Labute approximate surface area is 120 Å². The van der Waals surface area contributed by atoms with E-state index in [0.29, 0.717) is 13.2 Å². The number of hydrogen-bond donors (Lipinski definition) is 2. The first-order valence-electron chi connectivity index (χ1n) is 6.71. The average Bonchev–Trinajstić information content (AvgIpc) is 2.33. The van der Waals surface area contributed by atoms with Crippen LogP contribution in [0.25, 0.3) is 0 Å². The van der Waals surface area contributed by atoms with Gasteiger partial charge in [0.1, 0.15) is 5.75 Å². The van der Waals surface area contributed by atoms with Crippen molar-refractivity contribution in [2.75, 3.05) is 19.4 Å². The molecule has 1 aliphatic heterocycles. The van der Waals surface area contributed by atoms with Crippen molar-refractivity contribution in [1.82, 2.24) is 10.0 Å². The van der Waals surface area contributed by atoms with Crippen LogP contribution in [0.1, 0.15) is 31.9 Å². The van der Waals surface area contributed by atoms with Crippen LogP contribution in [-0.2, 0) is 10.0 Å². The molecule has 112 valence electrons. The Hall–Kier alpha value is -1.11. The molecule has 0 amide bonds. The summed E-state index contributed by atoms with van der Waals surface area (Å²) in [5.74, 6) is 0.908. The predicted octanol–water partition coefficient (Wildman–Crippen LogP) is 1.43. The van der Waals surface area contributed by atoms with Crippen molar-refractivity contribution < 1.29 is 13.2 Å². The lowest BCUT2D eigenvalue weighted by Gasteiger charge is -2.31. The zero-order chi connectivity index (χ0) is 14.8. The van der Waals surface area contributed by atoms with E-state index in [1.807, 2.05) is 38.1 Å². The summed E-state index contributed by atoms with van der Waals surface area (Å²) in [6.45, 7) is 4.96. The number of rotatable bonds is 5. The largest absolute Gasteiger partial charge is 0.493 e. The summed E-state index contributed by atoms with van der Waals surface area (Å²) in [5, 5.41) is 3.43. The molecular weight excluding hydrogens is 276 g/mol. The van der Waals surface area contributed by atoms with Gasteiger partial charge in [0.05, 0.1) is 12.9 Å². The molecule has 1 aromatic rings. The molecule has 1 aromatic carbocycles. The molecule has 0 saturated heterocycles. The normalized spacial score (nSPS) is 19.2. The van der Waals surface area contributed by atoms with E-state index < -0.39 is 15.6 Å². The quantitative estimate of drug-likeness (QED) is 0.863. The molecule has 2 rings (SSSR count). The van der Waals surface area contributed by atoms with Gasteiger partial charge >= 0.3 is 0 Å². The van der Waals surface area contributed by atoms with Crippen molar-refractivity contribution in [3.05, 3.63) is 29.8 Å². The molecule has 20 heavy (non-hydrogen) atoms. The van der Waals surface area contributed by atoms with Crippen LogP contribution >= 0.6 is 0 Å². The van der Waals surface area contributed by atoms with E-state index >= 15 is 0 Å². The summed E-state index contributed by atoms with van der Waals surface area (Å²) >= 11 is 0. The Morgan fingerprint density at radius 3 is 2.75 bits per heavy atom.